The van der Waals surface area contributed by atoms with E-state index in [1.165, 1.54) is 51.4 Å². The Morgan fingerprint density at radius 2 is 1.53 bits per heavy atom. The molecule has 1 nitrogen and oxygen atoms in total. The Bertz CT molecular complexity index is 164. The van der Waals surface area contributed by atoms with Crippen molar-refractivity contribution in [2.45, 2.75) is 83.7 Å². The van der Waals surface area contributed by atoms with Crippen molar-refractivity contribution in [2.24, 2.45) is 0 Å². The van der Waals surface area contributed by atoms with Crippen LogP contribution < -0.4 is 0 Å². The number of nitrogens with zero attached hydrogens (tertiary/aromatic N) is 1. The van der Waals surface area contributed by atoms with E-state index in [1.807, 2.05) is 0 Å². The monoisotopic (exact) mass is 211 g/mol. The Morgan fingerprint density at radius 1 is 1.07 bits per heavy atom. The first-order valence-electron chi connectivity index (χ1n) is 6.87. The van der Waals surface area contributed by atoms with Gasteiger partial charge in [0, 0.05) is 11.6 Å². The van der Waals surface area contributed by atoms with Crippen LogP contribution in [0.3, 0.4) is 0 Å². The molecule has 15 heavy (non-hydrogen) atoms. The van der Waals surface area contributed by atoms with Crippen molar-refractivity contribution in [3.05, 3.63) is 0 Å². The summed E-state index contributed by atoms with van der Waals surface area (Å²) in [5.41, 5.74) is 0.457. The van der Waals surface area contributed by atoms with Gasteiger partial charge in [-0.05, 0) is 39.7 Å². The fourth-order valence-corrected chi connectivity index (χ4v) is 3.29. The third-order valence-corrected chi connectivity index (χ3v) is 4.30. The van der Waals surface area contributed by atoms with Gasteiger partial charge in [-0.1, -0.05) is 39.5 Å². The highest BCUT2D eigenvalue weighted by Gasteiger charge is 2.33. The molecule has 1 saturated carbocycles. The summed E-state index contributed by atoms with van der Waals surface area (Å²) in [7, 11) is 2.36. The standard InChI is InChI=1S/C14H29N/c1-5-11-14(3,12-6-2)15(4)13-9-7-8-10-13/h13H,5-12H2,1-4H3. The first-order chi connectivity index (χ1) is 7.14. The third kappa shape index (κ3) is 3.21. The molecule has 0 atom stereocenters. The molecule has 0 amide bonds. The molecule has 1 rings (SSSR count). The lowest BCUT2D eigenvalue weighted by molar-refractivity contribution is 0.0702. The molecule has 0 aromatic rings. The summed E-state index contributed by atoms with van der Waals surface area (Å²) in [6, 6.07) is 0.869. The minimum absolute atomic E-state index is 0.457. The van der Waals surface area contributed by atoms with Gasteiger partial charge in [-0.2, -0.15) is 0 Å². The summed E-state index contributed by atoms with van der Waals surface area (Å²) in [4.78, 5) is 2.70. The van der Waals surface area contributed by atoms with Crippen molar-refractivity contribution < 1.29 is 0 Å². The predicted molar refractivity (Wildman–Crippen MR) is 68.2 cm³/mol. The average molecular weight is 211 g/mol. The molecule has 0 bridgehead atoms. The normalized spacial score (nSPS) is 19.0. The molecule has 90 valence electrons. The maximum absolute atomic E-state index is 2.70. The van der Waals surface area contributed by atoms with Crippen LogP contribution in [-0.2, 0) is 0 Å². The summed E-state index contributed by atoms with van der Waals surface area (Å²) in [6.07, 6.45) is 11.1. The minimum atomic E-state index is 0.457. The Balaban J connectivity index is 2.59. The number of rotatable bonds is 6. The Morgan fingerprint density at radius 3 is 1.93 bits per heavy atom. The van der Waals surface area contributed by atoms with E-state index in [0.29, 0.717) is 5.54 Å². The van der Waals surface area contributed by atoms with Crippen LogP contribution in [0.15, 0.2) is 0 Å². The van der Waals surface area contributed by atoms with Crippen LogP contribution >= 0.6 is 0 Å². The second kappa shape index (κ2) is 5.89. The zero-order valence-electron chi connectivity index (χ0n) is 11.2. The smallest absolute Gasteiger partial charge is 0.0181 e. The van der Waals surface area contributed by atoms with E-state index in [9.17, 15) is 0 Å². The lowest BCUT2D eigenvalue weighted by atomic mass is 9.87. The van der Waals surface area contributed by atoms with Crippen LogP contribution in [0.1, 0.15) is 72.1 Å². The van der Waals surface area contributed by atoms with Crippen molar-refractivity contribution in [3.8, 4) is 0 Å². The number of hydrogen-bond acceptors (Lipinski definition) is 1. The third-order valence-electron chi connectivity index (χ3n) is 4.30. The van der Waals surface area contributed by atoms with Crippen LogP contribution in [0.2, 0.25) is 0 Å². The van der Waals surface area contributed by atoms with Gasteiger partial charge in [0.25, 0.3) is 0 Å². The van der Waals surface area contributed by atoms with Crippen molar-refractivity contribution in [3.63, 3.8) is 0 Å². The predicted octanol–water partition coefficient (Wildman–Crippen LogP) is 4.22. The van der Waals surface area contributed by atoms with Gasteiger partial charge in [-0.25, -0.2) is 0 Å². The molecule has 0 radical (unpaired) electrons. The van der Waals surface area contributed by atoms with E-state index in [0.717, 1.165) is 6.04 Å². The van der Waals surface area contributed by atoms with Crippen molar-refractivity contribution >= 4 is 0 Å². The van der Waals surface area contributed by atoms with Crippen LogP contribution in [0.5, 0.6) is 0 Å². The fourth-order valence-electron chi connectivity index (χ4n) is 3.29. The van der Waals surface area contributed by atoms with Crippen LogP contribution in [0, 0.1) is 0 Å². The molecule has 0 heterocycles. The van der Waals surface area contributed by atoms with Crippen molar-refractivity contribution in [2.75, 3.05) is 7.05 Å². The van der Waals surface area contributed by atoms with Gasteiger partial charge in [-0.3, -0.25) is 4.90 Å². The van der Waals surface area contributed by atoms with Gasteiger partial charge in [0.1, 0.15) is 0 Å². The summed E-state index contributed by atoms with van der Waals surface area (Å²) in [6.45, 7) is 7.10. The molecule has 0 N–H and O–H groups in total. The van der Waals surface area contributed by atoms with Gasteiger partial charge >= 0.3 is 0 Å². The highest BCUT2D eigenvalue weighted by Crippen LogP contribution is 2.33. The largest absolute Gasteiger partial charge is 0.298 e. The molecule has 1 fully saturated rings. The molecule has 1 heteroatoms. The minimum Gasteiger partial charge on any atom is -0.298 e. The summed E-state index contributed by atoms with van der Waals surface area (Å²) >= 11 is 0. The van der Waals surface area contributed by atoms with Gasteiger partial charge in [0.2, 0.25) is 0 Å². The first kappa shape index (κ1) is 13.0. The molecule has 0 spiro atoms. The summed E-state index contributed by atoms with van der Waals surface area (Å²) in [5, 5.41) is 0. The second-order valence-electron chi connectivity index (χ2n) is 5.55. The maximum Gasteiger partial charge on any atom is 0.0181 e. The first-order valence-corrected chi connectivity index (χ1v) is 6.87. The van der Waals surface area contributed by atoms with Crippen LogP contribution in [0.4, 0.5) is 0 Å². The molecule has 0 aliphatic heterocycles. The SMILES string of the molecule is CCCC(C)(CCC)N(C)C1CCCC1. The lowest BCUT2D eigenvalue weighted by Crippen LogP contribution is -2.48. The highest BCUT2D eigenvalue weighted by atomic mass is 15.2. The van der Waals surface area contributed by atoms with E-state index in [2.05, 4.69) is 32.7 Å². The topological polar surface area (TPSA) is 3.24 Å². The molecule has 1 aliphatic carbocycles. The van der Waals surface area contributed by atoms with Crippen molar-refractivity contribution in [1.29, 1.82) is 0 Å². The zero-order valence-corrected chi connectivity index (χ0v) is 11.2. The van der Waals surface area contributed by atoms with E-state index >= 15 is 0 Å². The quantitative estimate of drug-likeness (QED) is 0.636. The maximum atomic E-state index is 2.70. The Kier molecular flexibility index (Phi) is 5.11. The molecular formula is C14H29N. The molecular weight excluding hydrogens is 182 g/mol. The summed E-state index contributed by atoms with van der Waals surface area (Å²) in [5.74, 6) is 0. The van der Waals surface area contributed by atoms with Crippen LogP contribution in [0.25, 0.3) is 0 Å². The highest BCUT2D eigenvalue weighted by molar-refractivity contribution is 4.89. The van der Waals surface area contributed by atoms with Gasteiger partial charge in [0.15, 0.2) is 0 Å². The molecule has 0 aromatic carbocycles. The van der Waals surface area contributed by atoms with Crippen molar-refractivity contribution in [1.82, 2.24) is 4.90 Å². The van der Waals surface area contributed by atoms with E-state index < -0.39 is 0 Å². The molecule has 0 aromatic heterocycles. The molecule has 0 unspecified atom stereocenters. The average Bonchev–Trinajstić information content (AvgIpc) is 2.70. The second-order valence-corrected chi connectivity index (χ2v) is 5.55. The van der Waals surface area contributed by atoms with E-state index in [1.54, 1.807) is 0 Å². The van der Waals surface area contributed by atoms with Gasteiger partial charge in [-0.15, -0.1) is 0 Å². The fraction of sp³-hybridized carbons (Fsp3) is 1.00. The van der Waals surface area contributed by atoms with Crippen LogP contribution in [-0.4, -0.2) is 23.5 Å². The molecule has 1 aliphatic rings. The van der Waals surface area contributed by atoms with Gasteiger partial charge < -0.3 is 0 Å². The number of hydrogen-bond donors (Lipinski definition) is 0. The molecule has 0 saturated heterocycles. The zero-order chi connectivity index (χ0) is 11.3. The van der Waals surface area contributed by atoms with Gasteiger partial charge in [0.05, 0.1) is 0 Å². The van der Waals surface area contributed by atoms with E-state index in [4.69, 9.17) is 0 Å². The Labute approximate surface area is 96.2 Å². The Hall–Kier alpha value is -0.0400. The summed E-state index contributed by atoms with van der Waals surface area (Å²) < 4.78 is 0. The van der Waals surface area contributed by atoms with E-state index in [-0.39, 0.29) is 0 Å². The lowest BCUT2D eigenvalue weighted by Gasteiger charge is -2.43.